The molecule has 0 saturated carbocycles. The van der Waals surface area contributed by atoms with Crippen molar-refractivity contribution in [1.29, 1.82) is 0 Å². The molecule has 1 amide bonds. The Hall–Kier alpha value is -2.47. The van der Waals surface area contributed by atoms with E-state index in [1.165, 1.54) is 5.56 Å². The summed E-state index contributed by atoms with van der Waals surface area (Å²) in [4.78, 5) is 14.7. The molecule has 0 aliphatic carbocycles. The molecular weight excluding hydrogens is 316 g/mol. The van der Waals surface area contributed by atoms with Gasteiger partial charge in [0.25, 0.3) is 5.91 Å². The monoisotopic (exact) mass is 338 g/mol. The molecule has 1 unspecified atom stereocenters. The van der Waals surface area contributed by atoms with E-state index in [1.54, 1.807) is 0 Å². The molecule has 2 aliphatic rings. The highest BCUT2D eigenvalue weighted by Gasteiger charge is 2.31. The van der Waals surface area contributed by atoms with E-state index in [2.05, 4.69) is 26.5 Å². The first-order valence-electron chi connectivity index (χ1n) is 8.73. The number of fused-ring (bicyclic) bond motifs is 1. The Balaban J connectivity index is 1.29. The molecular formula is C19H22N4O2. The van der Waals surface area contributed by atoms with Crippen LogP contribution in [0.2, 0.25) is 0 Å². The summed E-state index contributed by atoms with van der Waals surface area (Å²) in [6.45, 7) is 4.96. The van der Waals surface area contributed by atoms with Crippen molar-refractivity contribution in [2.45, 2.75) is 19.4 Å². The fourth-order valence-corrected chi connectivity index (χ4v) is 3.40. The average Bonchev–Trinajstić information content (AvgIpc) is 2.61. The van der Waals surface area contributed by atoms with Crippen LogP contribution < -0.4 is 10.2 Å². The van der Waals surface area contributed by atoms with E-state index in [0.29, 0.717) is 19.1 Å². The predicted molar refractivity (Wildman–Crippen MR) is 94.3 cm³/mol. The molecule has 0 radical (unpaired) electrons. The topological polar surface area (TPSA) is 67.4 Å². The smallest absolute Gasteiger partial charge is 0.253 e. The van der Waals surface area contributed by atoms with E-state index >= 15 is 0 Å². The second kappa shape index (κ2) is 6.80. The number of aryl methyl sites for hydroxylation is 1. The van der Waals surface area contributed by atoms with Gasteiger partial charge in [-0.15, -0.1) is 5.10 Å². The minimum atomic E-state index is -0.482. The minimum absolute atomic E-state index is 0.0410. The van der Waals surface area contributed by atoms with E-state index in [-0.39, 0.29) is 5.91 Å². The van der Waals surface area contributed by atoms with Gasteiger partial charge in [-0.3, -0.25) is 4.79 Å². The van der Waals surface area contributed by atoms with Gasteiger partial charge < -0.3 is 15.0 Å². The number of rotatable bonds is 4. The van der Waals surface area contributed by atoms with E-state index in [4.69, 9.17) is 4.74 Å². The van der Waals surface area contributed by atoms with Crippen LogP contribution >= 0.6 is 0 Å². The summed E-state index contributed by atoms with van der Waals surface area (Å²) in [6.07, 6.45) is 0.388. The van der Waals surface area contributed by atoms with Gasteiger partial charge in [0.2, 0.25) is 0 Å². The maximum atomic E-state index is 12.5. The number of amides is 1. The van der Waals surface area contributed by atoms with Crippen LogP contribution in [0.25, 0.3) is 0 Å². The third kappa shape index (κ3) is 3.35. The third-order valence-corrected chi connectivity index (χ3v) is 4.86. The van der Waals surface area contributed by atoms with Crippen molar-refractivity contribution in [2.24, 2.45) is 5.92 Å². The first-order valence-corrected chi connectivity index (χ1v) is 8.73. The molecule has 3 heterocycles. The molecule has 1 saturated heterocycles. The van der Waals surface area contributed by atoms with Crippen LogP contribution in [0.5, 0.6) is 0 Å². The summed E-state index contributed by atoms with van der Waals surface area (Å²) >= 11 is 0. The summed E-state index contributed by atoms with van der Waals surface area (Å²) in [6, 6.07) is 12.0. The van der Waals surface area contributed by atoms with Crippen LogP contribution in [-0.2, 0) is 16.0 Å². The molecule has 6 nitrogen and oxygen atoms in total. The lowest BCUT2D eigenvalue weighted by atomic mass is 9.96. The van der Waals surface area contributed by atoms with Gasteiger partial charge in [-0.05, 0) is 36.6 Å². The molecule has 1 atom stereocenters. The van der Waals surface area contributed by atoms with Gasteiger partial charge in [-0.25, -0.2) is 0 Å². The summed E-state index contributed by atoms with van der Waals surface area (Å²) in [5.74, 6) is 1.30. The van der Waals surface area contributed by atoms with E-state index in [1.807, 2.05) is 37.3 Å². The molecule has 0 bridgehead atoms. The van der Waals surface area contributed by atoms with Crippen molar-refractivity contribution >= 4 is 11.7 Å². The highest BCUT2D eigenvalue weighted by atomic mass is 16.5. The van der Waals surface area contributed by atoms with Crippen molar-refractivity contribution < 1.29 is 9.53 Å². The van der Waals surface area contributed by atoms with Crippen LogP contribution in [0.3, 0.4) is 0 Å². The number of nitrogens with one attached hydrogen (secondary N) is 1. The van der Waals surface area contributed by atoms with E-state index in [9.17, 15) is 4.79 Å². The van der Waals surface area contributed by atoms with Gasteiger partial charge >= 0.3 is 0 Å². The lowest BCUT2D eigenvalue weighted by Gasteiger charge is -2.40. The van der Waals surface area contributed by atoms with Crippen LogP contribution in [0.15, 0.2) is 36.4 Å². The Bertz CT molecular complexity index is 756. The number of nitrogens with zero attached hydrogens (tertiary/aromatic N) is 3. The standard InChI is InChI=1S/C19H22N4O2/c1-13-6-7-17(22-21-13)23-11-14(12-23)10-20-19(24)18-16-5-3-2-4-15(16)8-9-25-18/h2-7,14,18H,8-12H2,1H3,(H,20,24). The van der Waals surface area contributed by atoms with E-state index < -0.39 is 6.10 Å². The lowest BCUT2D eigenvalue weighted by Crippen LogP contribution is -2.52. The maximum Gasteiger partial charge on any atom is 0.253 e. The van der Waals surface area contributed by atoms with Crippen molar-refractivity contribution in [3.05, 3.63) is 53.2 Å². The minimum Gasteiger partial charge on any atom is -0.363 e. The predicted octanol–water partition coefficient (Wildman–Crippen LogP) is 1.65. The number of anilines is 1. The molecule has 1 fully saturated rings. The van der Waals surface area contributed by atoms with Gasteiger partial charge in [-0.2, -0.15) is 5.10 Å². The Morgan fingerprint density at radius 2 is 2.08 bits per heavy atom. The fraction of sp³-hybridized carbons (Fsp3) is 0.421. The zero-order valence-corrected chi connectivity index (χ0v) is 14.3. The number of hydrogen-bond acceptors (Lipinski definition) is 5. The molecule has 1 N–H and O–H groups in total. The first-order chi connectivity index (χ1) is 12.2. The summed E-state index contributed by atoms with van der Waals surface area (Å²) in [5, 5.41) is 11.3. The Morgan fingerprint density at radius 1 is 1.24 bits per heavy atom. The molecule has 6 heteroatoms. The maximum absolute atomic E-state index is 12.5. The number of aromatic nitrogens is 2. The zero-order chi connectivity index (χ0) is 17.2. The Labute approximate surface area is 147 Å². The molecule has 2 aromatic rings. The van der Waals surface area contributed by atoms with Crippen LogP contribution in [-0.4, -0.2) is 42.3 Å². The largest absolute Gasteiger partial charge is 0.363 e. The van der Waals surface area contributed by atoms with E-state index in [0.717, 1.165) is 36.6 Å². The van der Waals surface area contributed by atoms with Crippen molar-refractivity contribution in [3.63, 3.8) is 0 Å². The number of ether oxygens (including phenoxy) is 1. The molecule has 0 spiro atoms. The summed E-state index contributed by atoms with van der Waals surface area (Å²) in [7, 11) is 0. The molecule has 2 aliphatic heterocycles. The van der Waals surface area contributed by atoms with Crippen molar-refractivity contribution in [2.75, 3.05) is 31.1 Å². The normalized spacial score (nSPS) is 19.9. The third-order valence-electron chi connectivity index (χ3n) is 4.86. The average molecular weight is 338 g/mol. The van der Waals surface area contributed by atoms with Crippen LogP contribution in [0, 0.1) is 12.8 Å². The summed E-state index contributed by atoms with van der Waals surface area (Å²) in [5.41, 5.74) is 3.12. The Kier molecular flexibility index (Phi) is 4.36. The first kappa shape index (κ1) is 16.0. The quantitative estimate of drug-likeness (QED) is 0.918. The van der Waals surface area contributed by atoms with Gasteiger partial charge in [-0.1, -0.05) is 24.3 Å². The zero-order valence-electron chi connectivity index (χ0n) is 14.3. The van der Waals surface area contributed by atoms with Crippen molar-refractivity contribution in [3.8, 4) is 0 Å². The second-order valence-electron chi connectivity index (χ2n) is 6.75. The molecule has 1 aromatic carbocycles. The molecule has 25 heavy (non-hydrogen) atoms. The fourth-order valence-electron chi connectivity index (χ4n) is 3.40. The van der Waals surface area contributed by atoms with Gasteiger partial charge in [0, 0.05) is 25.6 Å². The number of hydrogen-bond donors (Lipinski definition) is 1. The summed E-state index contributed by atoms with van der Waals surface area (Å²) < 4.78 is 5.71. The molecule has 130 valence electrons. The highest BCUT2D eigenvalue weighted by molar-refractivity contribution is 5.82. The van der Waals surface area contributed by atoms with Gasteiger partial charge in [0.15, 0.2) is 11.9 Å². The highest BCUT2D eigenvalue weighted by Crippen LogP contribution is 2.27. The van der Waals surface area contributed by atoms with Gasteiger partial charge in [0.05, 0.1) is 12.3 Å². The van der Waals surface area contributed by atoms with Crippen molar-refractivity contribution in [1.82, 2.24) is 15.5 Å². The van der Waals surface area contributed by atoms with Crippen LogP contribution in [0.4, 0.5) is 5.82 Å². The Morgan fingerprint density at radius 3 is 2.88 bits per heavy atom. The number of carbonyl (C=O) groups excluding carboxylic acids is 1. The molecule has 4 rings (SSSR count). The second-order valence-corrected chi connectivity index (χ2v) is 6.75. The molecule has 1 aromatic heterocycles. The van der Waals surface area contributed by atoms with Crippen LogP contribution in [0.1, 0.15) is 22.9 Å². The van der Waals surface area contributed by atoms with Gasteiger partial charge in [0.1, 0.15) is 0 Å². The lowest BCUT2D eigenvalue weighted by molar-refractivity contribution is -0.134. The number of benzene rings is 1. The SMILES string of the molecule is Cc1ccc(N2CC(CNC(=O)C3OCCc4ccccc43)C2)nn1. The number of carbonyl (C=O) groups is 1.